The van der Waals surface area contributed by atoms with Gasteiger partial charge in [0.25, 0.3) is 0 Å². The Morgan fingerprint density at radius 1 is 1.28 bits per heavy atom. The fourth-order valence-corrected chi connectivity index (χ4v) is 2.43. The van der Waals surface area contributed by atoms with Crippen LogP contribution in [0.5, 0.6) is 0 Å². The molecule has 104 valence electrons. The highest BCUT2D eigenvalue weighted by molar-refractivity contribution is 5.80. The Morgan fingerprint density at radius 2 is 1.94 bits per heavy atom. The van der Waals surface area contributed by atoms with Crippen molar-refractivity contribution in [1.29, 1.82) is 0 Å². The average molecular weight is 255 g/mol. The number of carbonyl (C=O) groups is 2. The summed E-state index contributed by atoms with van der Waals surface area (Å²) in [4.78, 5) is 25.1. The van der Waals surface area contributed by atoms with Gasteiger partial charge in [0.05, 0.1) is 5.92 Å². The Labute approximate surface area is 109 Å². The third-order valence-corrected chi connectivity index (χ3v) is 3.72. The second kappa shape index (κ2) is 7.36. The van der Waals surface area contributed by atoms with Crippen LogP contribution in [-0.2, 0) is 9.59 Å². The molecule has 2 amide bonds. The number of nitrogens with zero attached hydrogens (tertiary/aromatic N) is 1. The number of hydrogen-bond donors (Lipinski definition) is 2. The molecule has 1 fully saturated rings. The Balaban J connectivity index is 2.48. The molecule has 3 N–H and O–H groups in total. The number of nitrogens with two attached hydrogens (primary N) is 1. The van der Waals surface area contributed by atoms with Crippen LogP contribution in [0.3, 0.4) is 0 Å². The van der Waals surface area contributed by atoms with Crippen LogP contribution in [-0.4, -0.2) is 43.4 Å². The quantitative estimate of drug-likeness (QED) is 0.718. The topological polar surface area (TPSA) is 75.4 Å². The van der Waals surface area contributed by atoms with Crippen molar-refractivity contribution in [3.8, 4) is 0 Å². The van der Waals surface area contributed by atoms with Gasteiger partial charge < -0.3 is 16.0 Å². The van der Waals surface area contributed by atoms with Crippen LogP contribution in [0, 0.1) is 5.92 Å². The second-order valence-electron chi connectivity index (χ2n) is 5.09. The highest BCUT2D eigenvalue weighted by atomic mass is 16.2. The van der Waals surface area contributed by atoms with Crippen LogP contribution < -0.4 is 11.1 Å². The molecule has 0 radical (unpaired) electrons. The van der Waals surface area contributed by atoms with Gasteiger partial charge in [0.2, 0.25) is 11.8 Å². The molecule has 0 aromatic carbocycles. The Morgan fingerprint density at radius 3 is 2.61 bits per heavy atom. The summed E-state index contributed by atoms with van der Waals surface area (Å²) < 4.78 is 0. The van der Waals surface area contributed by atoms with Gasteiger partial charge in [-0.05, 0) is 12.8 Å². The Kier molecular flexibility index (Phi) is 6.12. The highest BCUT2D eigenvalue weighted by Crippen LogP contribution is 2.23. The first-order chi connectivity index (χ1) is 8.56. The molecule has 1 saturated carbocycles. The molecular weight excluding hydrogens is 230 g/mol. The Bertz CT molecular complexity index is 294. The summed E-state index contributed by atoms with van der Waals surface area (Å²) in [5, 5.41) is 2.56. The molecule has 18 heavy (non-hydrogen) atoms. The summed E-state index contributed by atoms with van der Waals surface area (Å²) >= 11 is 0. The van der Waals surface area contributed by atoms with Crippen molar-refractivity contribution in [1.82, 2.24) is 10.2 Å². The highest BCUT2D eigenvalue weighted by Gasteiger charge is 2.29. The molecule has 1 rings (SSSR count). The van der Waals surface area contributed by atoms with Crippen LogP contribution in [0.15, 0.2) is 0 Å². The van der Waals surface area contributed by atoms with E-state index in [0.29, 0.717) is 13.0 Å². The van der Waals surface area contributed by atoms with Gasteiger partial charge in [0.1, 0.15) is 0 Å². The van der Waals surface area contributed by atoms with Crippen LogP contribution in [0.25, 0.3) is 0 Å². The fourth-order valence-electron chi connectivity index (χ4n) is 2.43. The monoisotopic (exact) mass is 255 g/mol. The van der Waals surface area contributed by atoms with Gasteiger partial charge in [-0.25, -0.2) is 0 Å². The largest absolute Gasteiger partial charge is 0.359 e. The molecule has 0 spiro atoms. The van der Waals surface area contributed by atoms with Gasteiger partial charge in [0.15, 0.2) is 0 Å². The van der Waals surface area contributed by atoms with Crippen LogP contribution in [0.2, 0.25) is 0 Å². The van der Waals surface area contributed by atoms with Gasteiger partial charge in [0, 0.05) is 33.1 Å². The van der Waals surface area contributed by atoms with E-state index in [-0.39, 0.29) is 23.8 Å². The lowest BCUT2D eigenvalue weighted by molar-refractivity contribution is -0.135. The molecule has 0 saturated heterocycles. The minimum Gasteiger partial charge on any atom is -0.359 e. The molecule has 0 heterocycles. The maximum absolute atomic E-state index is 12.3. The molecule has 5 nitrogen and oxygen atoms in total. The van der Waals surface area contributed by atoms with E-state index in [4.69, 9.17) is 5.73 Å². The molecule has 1 aliphatic rings. The lowest BCUT2D eigenvalue weighted by atomic mass is 9.94. The zero-order chi connectivity index (χ0) is 13.5. The van der Waals surface area contributed by atoms with Crippen LogP contribution in [0.1, 0.15) is 38.5 Å². The summed E-state index contributed by atoms with van der Waals surface area (Å²) in [6, 6.07) is -0.0255. The average Bonchev–Trinajstić information content (AvgIpc) is 2.59. The van der Waals surface area contributed by atoms with Crippen molar-refractivity contribution in [2.75, 3.05) is 20.6 Å². The maximum Gasteiger partial charge on any atom is 0.226 e. The molecule has 2 atom stereocenters. The van der Waals surface area contributed by atoms with E-state index >= 15 is 0 Å². The number of carbonyl (C=O) groups excluding carboxylic acids is 2. The minimum absolute atomic E-state index is 0.0255. The third-order valence-electron chi connectivity index (χ3n) is 3.72. The molecule has 0 aromatic rings. The number of rotatable bonds is 4. The molecule has 2 unspecified atom stereocenters. The van der Waals surface area contributed by atoms with Crippen molar-refractivity contribution < 1.29 is 9.59 Å². The molecule has 0 aromatic heterocycles. The van der Waals surface area contributed by atoms with Crippen LogP contribution in [0.4, 0.5) is 0 Å². The fraction of sp³-hybridized carbons (Fsp3) is 0.846. The van der Waals surface area contributed by atoms with Crippen molar-refractivity contribution in [3.63, 3.8) is 0 Å². The van der Waals surface area contributed by atoms with Crippen LogP contribution >= 0.6 is 0 Å². The summed E-state index contributed by atoms with van der Waals surface area (Å²) in [6.45, 7) is 0.460. The molecule has 0 aliphatic heterocycles. The predicted octanol–water partition coefficient (Wildman–Crippen LogP) is 0.489. The standard InChI is InChI=1S/C13H25N3O2/c1-15-12(17)8-9-16(2)13(18)10-6-4-3-5-7-11(10)14/h10-11H,3-9,14H2,1-2H3,(H,15,17). The summed E-state index contributed by atoms with van der Waals surface area (Å²) in [6.07, 6.45) is 5.52. The van der Waals surface area contributed by atoms with Crippen molar-refractivity contribution in [3.05, 3.63) is 0 Å². The Hall–Kier alpha value is -1.10. The summed E-state index contributed by atoms with van der Waals surface area (Å²) in [7, 11) is 3.36. The summed E-state index contributed by atoms with van der Waals surface area (Å²) in [5.41, 5.74) is 6.07. The van der Waals surface area contributed by atoms with E-state index in [1.165, 1.54) is 6.42 Å². The molecule has 5 heteroatoms. The van der Waals surface area contributed by atoms with E-state index in [1.807, 2.05) is 0 Å². The van der Waals surface area contributed by atoms with Gasteiger partial charge in [-0.15, -0.1) is 0 Å². The van der Waals surface area contributed by atoms with Gasteiger partial charge in [-0.1, -0.05) is 19.3 Å². The first kappa shape index (κ1) is 15.0. The maximum atomic E-state index is 12.3. The van der Waals surface area contributed by atoms with Crippen molar-refractivity contribution >= 4 is 11.8 Å². The molecule has 1 aliphatic carbocycles. The van der Waals surface area contributed by atoms with Gasteiger partial charge in [-0.3, -0.25) is 9.59 Å². The van der Waals surface area contributed by atoms with E-state index in [9.17, 15) is 9.59 Å². The third kappa shape index (κ3) is 4.29. The molecule has 0 bridgehead atoms. The van der Waals surface area contributed by atoms with E-state index in [2.05, 4.69) is 5.32 Å². The normalized spacial score (nSPS) is 24.2. The number of hydrogen-bond acceptors (Lipinski definition) is 3. The number of amides is 2. The predicted molar refractivity (Wildman–Crippen MR) is 70.9 cm³/mol. The second-order valence-corrected chi connectivity index (χ2v) is 5.09. The van der Waals surface area contributed by atoms with Crippen molar-refractivity contribution in [2.45, 2.75) is 44.6 Å². The lowest BCUT2D eigenvalue weighted by Crippen LogP contribution is -2.43. The first-order valence-corrected chi connectivity index (χ1v) is 6.77. The minimum atomic E-state index is -0.0674. The zero-order valence-corrected chi connectivity index (χ0v) is 11.4. The smallest absolute Gasteiger partial charge is 0.226 e. The SMILES string of the molecule is CNC(=O)CCN(C)C(=O)C1CCCCCC1N. The van der Waals surface area contributed by atoms with Gasteiger partial charge >= 0.3 is 0 Å². The number of nitrogens with one attached hydrogen (secondary N) is 1. The van der Waals surface area contributed by atoms with E-state index < -0.39 is 0 Å². The van der Waals surface area contributed by atoms with E-state index in [0.717, 1.165) is 25.7 Å². The van der Waals surface area contributed by atoms with Crippen molar-refractivity contribution in [2.24, 2.45) is 11.7 Å². The first-order valence-electron chi connectivity index (χ1n) is 6.77. The van der Waals surface area contributed by atoms with Gasteiger partial charge in [-0.2, -0.15) is 0 Å². The summed E-state index contributed by atoms with van der Waals surface area (Å²) in [5.74, 6) is -0.0182. The molecular formula is C13H25N3O2. The zero-order valence-electron chi connectivity index (χ0n) is 11.4. The lowest BCUT2D eigenvalue weighted by Gasteiger charge is -2.26. The van der Waals surface area contributed by atoms with E-state index in [1.54, 1.807) is 19.0 Å².